The molecule has 1 aromatic carbocycles. The van der Waals surface area contributed by atoms with Crippen LogP contribution in [0.3, 0.4) is 0 Å². The highest BCUT2D eigenvalue weighted by Crippen LogP contribution is 2.36. The Morgan fingerprint density at radius 2 is 2.05 bits per heavy atom. The molecule has 0 aromatic heterocycles. The van der Waals surface area contributed by atoms with Crippen LogP contribution in [0.1, 0.15) is 31.7 Å². The van der Waals surface area contributed by atoms with Crippen LogP contribution in [0, 0.1) is 5.41 Å². The molecule has 0 bridgehead atoms. The normalized spacial score (nSPS) is 18.4. The van der Waals surface area contributed by atoms with Crippen LogP contribution in [0.25, 0.3) is 0 Å². The molecule has 0 amide bonds. The van der Waals surface area contributed by atoms with Gasteiger partial charge in [0.1, 0.15) is 11.5 Å². The third-order valence-electron chi connectivity index (χ3n) is 4.63. The summed E-state index contributed by atoms with van der Waals surface area (Å²) in [4.78, 5) is 13.6. The number of likely N-dealkylation sites (tertiary alicyclic amines) is 1. The SMILES string of the molecule is CCC1(C(=O)O)CCN(Cc2ccc(OC)cc2O)CC1. The fraction of sp³-hybridized carbons (Fsp3) is 0.562. The van der Waals surface area contributed by atoms with E-state index in [0.29, 0.717) is 31.6 Å². The maximum atomic E-state index is 11.4. The zero-order chi connectivity index (χ0) is 15.5. The number of piperidine rings is 1. The molecule has 1 fully saturated rings. The molecule has 116 valence electrons. The molecule has 0 atom stereocenters. The highest BCUT2D eigenvalue weighted by atomic mass is 16.5. The van der Waals surface area contributed by atoms with Gasteiger partial charge in [-0.05, 0) is 38.4 Å². The molecule has 5 nitrogen and oxygen atoms in total. The first-order chi connectivity index (χ1) is 10.0. The third-order valence-corrected chi connectivity index (χ3v) is 4.63. The van der Waals surface area contributed by atoms with Gasteiger partial charge in [-0.15, -0.1) is 0 Å². The molecule has 0 spiro atoms. The predicted molar refractivity (Wildman–Crippen MR) is 79.5 cm³/mol. The van der Waals surface area contributed by atoms with Gasteiger partial charge in [0, 0.05) is 18.2 Å². The predicted octanol–water partition coefficient (Wildman–Crippen LogP) is 2.48. The number of carboxylic acids is 1. The zero-order valence-corrected chi connectivity index (χ0v) is 12.6. The highest BCUT2D eigenvalue weighted by Gasteiger charge is 2.39. The van der Waals surface area contributed by atoms with Crippen molar-refractivity contribution >= 4 is 5.97 Å². The van der Waals surface area contributed by atoms with Gasteiger partial charge in [-0.1, -0.05) is 13.0 Å². The first-order valence-electron chi connectivity index (χ1n) is 7.32. The molecular weight excluding hydrogens is 270 g/mol. The van der Waals surface area contributed by atoms with E-state index in [1.54, 1.807) is 13.2 Å². The van der Waals surface area contributed by atoms with Gasteiger partial charge < -0.3 is 14.9 Å². The number of methoxy groups -OCH3 is 1. The van der Waals surface area contributed by atoms with Crippen molar-refractivity contribution in [1.82, 2.24) is 4.90 Å². The summed E-state index contributed by atoms with van der Waals surface area (Å²) in [6, 6.07) is 5.28. The van der Waals surface area contributed by atoms with E-state index in [9.17, 15) is 15.0 Å². The van der Waals surface area contributed by atoms with E-state index in [0.717, 1.165) is 18.7 Å². The molecule has 1 aromatic rings. The van der Waals surface area contributed by atoms with E-state index in [1.165, 1.54) is 0 Å². The van der Waals surface area contributed by atoms with Gasteiger partial charge in [-0.2, -0.15) is 0 Å². The highest BCUT2D eigenvalue weighted by molar-refractivity contribution is 5.74. The summed E-state index contributed by atoms with van der Waals surface area (Å²) in [6.07, 6.45) is 2.00. The smallest absolute Gasteiger partial charge is 0.309 e. The summed E-state index contributed by atoms with van der Waals surface area (Å²) in [5, 5.41) is 19.4. The largest absolute Gasteiger partial charge is 0.507 e. The molecule has 0 saturated carbocycles. The van der Waals surface area contributed by atoms with Crippen molar-refractivity contribution in [3.63, 3.8) is 0 Å². The summed E-state index contributed by atoms with van der Waals surface area (Å²) in [5.41, 5.74) is 0.272. The summed E-state index contributed by atoms with van der Waals surface area (Å²) in [5.74, 6) is 0.169. The van der Waals surface area contributed by atoms with Gasteiger partial charge in [0.2, 0.25) is 0 Å². The number of phenolic OH excluding ortho intramolecular Hbond substituents is 1. The first kappa shape index (κ1) is 15.6. The molecule has 0 aliphatic carbocycles. The number of carboxylic acid groups (broad SMARTS) is 1. The monoisotopic (exact) mass is 293 g/mol. The van der Waals surface area contributed by atoms with Crippen molar-refractivity contribution in [2.24, 2.45) is 5.41 Å². The number of carbonyl (C=O) groups is 1. The van der Waals surface area contributed by atoms with Crippen molar-refractivity contribution in [2.75, 3.05) is 20.2 Å². The van der Waals surface area contributed by atoms with Gasteiger partial charge in [-0.3, -0.25) is 9.69 Å². The molecule has 0 radical (unpaired) electrons. The van der Waals surface area contributed by atoms with E-state index in [1.807, 2.05) is 19.1 Å². The number of nitrogens with zero attached hydrogens (tertiary/aromatic N) is 1. The Hall–Kier alpha value is -1.75. The summed E-state index contributed by atoms with van der Waals surface area (Å²) in [7, 11) is 1.56. The van der Waals surface area contributed by atoms with E-state index in [4.69, 9.17) is 4.74 Å². The number of hydrogen-bond acceptors (Lipinski definition) is 4. The Morgan fingerprint density at radius 3 is 2.52 bits per heavy atom. The lowest BCUT2D eigenvalue weighted by atomic mass is 9.76. The lowest BCUT2D eigenvalue weighted by molar-refractivity contribution is -0.152. The van der Waals surface area contributed by atoms with Crippen molar-refractivity contribution < 1.29 is 19.7 Å². The minimum Gasteiger partial charge on any atom is -0.507 e. The minimum absolute atomic E-state index is 0.222. The van der Waals surface area contributed by atoms with Gasteiger partial charge in [-0.25, -0.2) is 0 Å². The lowest BCUT2D eigenvalue weighted by Crippen LogP contribution is -2.43. The number of aliphatic carboxylic acids is 1. The summed E-state index contributed by atoms with van der Waals surface area (Å²) < 4.78 is 5.07. The van der Waals surface area contributed by atoms with Gasteiger partial charge in [0.15, 0.2) is 0 Å². The average molecular weight is 293 g/mol. The Labute approximate surface area is 125 Å². The molecule has 2 rings (SSSR count). The summed E-state index contributed by atoms with van der Waals surface area (Å²) in [6.45, 7) is 4.06. The van der Waals surface area contributed by atoms with Crippen LogP contribution in [-0.2, 0) is 11.3 Å². The van der Waals surface area contributed by atoms with E-state index >= 15 is 0 Å². The molecule has 5 heteroatoms. The van der Waals surface area contributed by atoms with Crippen LogP contribution in [0.5, 0.6) is 11.5 Å². The van der Waals surface area contributed by atoms with E-state index in [2.05, 4.69) is 4.90 Å². The zero-order valence-electron chi connectivity index (χ0n) is 12.6. The summed E-state index contributed by atoms with van der Waals surface area (Å²) >= 11 is 0. The molecule has 0 unspecified atom stereocenters. The Kier molecular flexibility index (Phi) is 4.73. The van der Waals surface area contributed by atoms with E-state index in [-0.39, 0.29) is 5.75 Å². The van der Waals surface area contributed by atoms with E-state index < -0.39 is 11.4 Å². The molecule has 1 aliphatic rings. The van der Waals surface area contributed by atoms with Crippen LogP contribution >= 0.6 is 0 Å². The lowest BCUT2D eigenvalue weighted by Gasteiger charge is -2.38. The Bertz CT molecular complexity index is 507. The number of aromatic hydroxyl groups is 1. The van der Waals surface area contributed by atoms with Crippen molar-refractivity contribution in [3.05, 3.63) is 23.8 Å². The van der Waals surface area contributed by atoms with Crippen LogP contribution in [-0.4, -0.2) is 41.3 Å². The average Bonchev–Trinajstić information content (AvgIpc) is 2.50. The molecule has 1 aliphatic heterocycles. The van der Waals surface area contributed by atoms with Crippen molar-refractivity contribution in [2.45, 2.75) is 32.7 Å². The van der Waals surface area contributed by atoms with Gasteiger partial charge in [0.25, 0.3) is 0 Å². The third kappa shape index (κ3) is 3.29. The maximum absolute atomic E-state index is 11.4. The van der Waals surface area contributed by atoms with Crippen molar-refractivity contribution in [1.29, 1.82) is 0 Å². The second kappa shape index (κ2) is 6.35. The number of rotatable bonds is 5. The molecule has 1 saturated heterocycles. The maximum Gasteiger partial charge on any atom is 0.309 e. The Balaban J connectivity index is 1.99. The standard InChI is InChI=1S/C16H23NO4/c1-3-16(15(19)20)6-8-17(9-7-16)11-12-4-5-13(21-2)10-14(12)18/h4-5,10,18H,3,6-9,11H2,1-2H3,(H,19,20). The minimum atomic E-state index is -0.683. The van der Waals surface area contributed by atoms with Gasteiger partial charge >= 0.3 is 5.97 Å². The number of hydrogen-bond donors (Lipinski definition) is 2. The van der Waals surface area contributed by atoms with Crippen LogP contribution in [0.15, 0.2) is 18.2 Å². The van der Waals surface area contributed by atoms with Crippen molar-refractivity contribution in [3.8, 4) is 11.5 Å². The fourth-order valence-electron chi connectivity index (χ4n) is 2.90. The first-order valence-corrected chi connectivity index (χ1v) is 7.32. The second-order valence-corrected chi connectivity index (χ2v) is 5.71. The number of phenols is 1. The molecular formula is C16H23NO4. The molecule has 2 N–H and O–H groups in total. The topological polar surface area (TPSA) is 70.0 Å². The quantitative estimate of drug-likeness (QED) is 0.873. The number of benzene rings is 1. The molecule has 1 heterocycles. The molecule has 21 heavy (non-hydrogen) atoms. The van der Waals surface area contributed by atoms with Crippen LogP contribution in [0.4, 0.5) is 0 Å². The fourth-order valence-corrected chi connectivity index (χ4v) is 2.90. The van der Waals surface area contributed by atoms with Crippen LogP contribution in [0.2, 0.25) is 0 Å². The Morgan fingerprint density at radius 1 is 1.38 bits per heavy atom. The van der Waals surface area contributed by atoms with Gasteiger partial charge in [0.05, 0.1) is 12.5 Å². The second-order valence-electron chi connectivity index (χ2n) is 5.71. The number of ether oxygens (including phenoxy) is 1. The van der Waals surface area contributed by atoms with Crippen LogP contribution < -0.4 is 4.74 Å².